The summed E-state index contributed by atoms with van der Waals surface area (Å²) in [5, 5.41) is 13.0. The van der Waals surface area contributed by atoms with Gasteiger partial charge in [-0.05, 0) is 48.1 Å². The van der Waals surface area contributed by atoms with E-state index in [2.05, 4.69) is 21.3 Å². The van der Waals surface area contributed by atoms with Crippen molar-refractivity contribution < 1.29 is 23.7 Å². The molecule has 3 rings (SSSR count). The van der Waals surface area contributed by atoms with Gasteiger partial charge >= 0.3 is 0 Å². The molecule has 9 nitrogen and oxygen atoms in total. The summed E-state index contributed by atoms with van der Waals surface area (Å²) in [5.41, 5.74) is 1.44. The molecule has 0 fully saturated rings. The second-order valence-electron chi connectivity index (χ2n) is 7.26. The lowest BCUT2D eigenvalue weighted by Crippen LogP contribution is -2.13. The first-order chi connectivity index (χ1) is 18.0. The lowest BCUT2D eigenvalue weighted by Gasteiger charge is -2.16. The van der Waals surface area contributed by atoms with Crippen LogP contribution in [-0.4, -0.2) is 49.0 Å². The number of nitrogens with zero attached hydrogens (tertiary/aromatic N) is 3. The van der Waals surface area contributed by atoms with E-state index in [-0.39, 0.29) is 12.2 Å². The van der Waals surface area contributed by atoms with E-state index in [4.69, 9.17) is 18.9 Å². The Bertz CT molecular complexity index is 1290. The molecule has 192 valence electrons. The average Bonchev–Trinajstić information content (AvgIpc) is 3.38. The number of hydrogen-bond donors (Lipinski definition) is 1. The van der Waals surface area contributed by atoms with Gasteiger partial charge in [0.1, 0.15) is 30.6 Å². The normalized spacial score (nSPS) is 10.8. The van der Waals surface area contributed by atoms with Crippen LogP contribution in [0.5, 0.6) is 23.0 Å². The van der Waals surface area contributed by atoms with Crippen LogP contribution in [0, 0.1) is 11.3 Å². The molecule has 0 bridgehead atoms. The first-order valence-corrected chi connectivity index (χ1v) is 13.0. The number of methoxy groups -OCH3 is 2. The quantitative estimate of drug-likeness (QED) is 0.105. The van der Waals surface area contributed by atoms with Crippen molar-refractivity contribution in [2.75, 3.05) is 39.0 Å². The lowest BCUT2D eigenvalue weighted by atomic mass is 10.1. The molecule has 0 atom stereocenters. The molecule has 0 spiro atoms. The van der Waals surface area contributed by atoms with Gasteiger partial charge in [-0.3, -0.25) is 10.1 Å². The zero-order valence-electron chi connectivity index (χ0n) is 20.6. The fourth-order valence-corrected chi connectivity index (χ4v) is 4.33. The molecule has 0 aliphatic carbocycles. The third-order valence-electron chi connectivity index (χ3n) is 4.89. The minimum Gasteiger partial charge on any atom is -0.493 e. The van der Waals surface area contributed by atoms with Gasteiger partial charge in [0.25, 0.3) is 5.91 Å². The van der Waals surface area contributed by atoms with Gasteiger partial charge in [-0.25, -0.2) is 0 Å². The maximum absolute atomic E-state index is 12.6. The van der Waals surface area contributed by atoms with Crippen molar-refractivity contribution in [2.24, 2.45) is 0 Å². The Labute approximate surface area is 223 Å². The van der Waals surface area contributed by atoms with Crippen molar-refractivity contribution in [3.8, 4) is 29.1 Å². The van der Waals surface area contributed by atoms with E-state index >= 15 is 0 Å². The van der Waals surface area contributed by atoms with Crippen LogP contribution in [0.1, 0.15) is 11.1 Å². The smallest absolute Gasteiger partial charge is 0.268 e. The van der Waals surface area contributed by atoms with E-state index in [1.165, 1.54) is 32.1 Å². The number of hydrogen-bond acceptors (Lipinski definition) is 10. The summed E-state index contributed by atoms with van der Waals surface area (Å²) in [6.07, 6.45) is 5.79. The number of nitriles is 1. The Balaban J connectivity index is 1.73. The number of thioether (sulfide) groups is 1. The highest BCUT2D eigenvalue weighted by Gasteiger charge is 2.17. The molecular weight excluding hydrogens is 512 g/mol. The molecule has 0 aliphatic heterocycles. The topological polar surface area (TPSA) is 116 Å². The Morgan fingerprint density at radius 1 is 1.16 bits per heavy atom. The minimum absolute atomic E-state index is 0.120. The summed E-state index contributed by atoms with van der Waals surface area (Å²) in [6, 6.07) is 13.0. The summed E-state index contributed by atoms with van der Waals surface area (Å²) < 4.78 is 26.9. The third kappa shape index (κ3) is 7.49. The number of benzene rings is 2. The number of amides is 1. The van der Waals surface area contributed by atoms with Crippen LogP contribution in [0.25, 0.3) is 6.08 Å². The Hall–Kier alpha value is -4.01. The number of ether oxygens (including phenoxy) is 4. The number of anilines is 1. The maximum atomic E-state index is 12.6. The van der Waals surface area contributed by atoms with Crippen LogP contribution in [-0.2, 0) is 11.2 Å². The molecule has 1 amide bonds. The average molecular weight is 539 g/mol. The van der Waals surface area contributed by atoms with Crippen molar-refractivity contribution in [1.29, 1.82) is 5.26 Å². The third-order valence-corrected chi connectivity index (χ3v) is 6.19. The molecule has 2 aromatic carbocycles. The number of para-hydroxylation sites is 1. The second kappa shape index (κ2) is 13.9. The maximum Gasteiger partial charge on any atom is 0.268 e. The highest BCUT2D eigenvalue weighted by atomic mass is 32.2. The van der Waals surface area contributed by atoms with E-state index in [0.717, 1.165) is 22.8 Å². The number of carbonyl (C=O) groups excluding carboxylic acids is 1. The van der Waals surface area contributed by atoms with Gasteiger partial charge in [-0.1, -0.05) is 36.0 Å². The van der Waals surface area contributed by atoms with Gasteiger partial charge in [0.15, 0.2) is 11.5 Å². The van der Waals surface area contributed by atoms with Gasteiger partial charge in [0.05, 0.1) is 14.2 Å². The second-order valence-corrected chi connectivity index (χ2v) is 8.79. The fraction of sp³-hybridized carbons (Fsp3) is 0.231. The molecule has 1 N–H and O–H groups in total. The van der Waals surface area contributed by atoms with Crippen LogP contribution in [0.3, 0.4) is 0 Å². The van der Waals surface area contributed by atoms with Crippen LogP contribution in [0.4, 0.5) is 5.13 Å². The number of carbonyl (C=O) groups is 1. The van der Waals surface area contributed by atoms with Crippen molar-refractivity contribution in [1.82, 2.24) is 9.36 Å². The number of rotatable bonds is 13. The van der Waals surface area contributed by atoms with E-state index < -0.39 is 5.91 Å². The molecular formula is C26H26N4O5S2. The number of aromatic nitrogens is 2. The molecule has 0 unspecified atom stereocenters. The zero-order chi connectivity index (χ0) is 26.6. The summed E-state index contributed by atoms with van der Waals surface area (Å²) in [4.78, 5) is 16.8. The fourth-order valence-electron chi connectivity index (χ4n) is 3.21. The largest absolute Gasteiger partial charge is 0.493 e. The van der Waals surface area contributed by atoms with Crippen LogP contribution in [0.2, 0.25) is 0 Å². The summed E-state index contributed by atoms with van der Waals surface area (Å²) in [5.74, 6) is 1.31. The number of nitrogens with one attached hydrogen (secondary N) is 1. The molecule has 3 aromatic rings. The molecule has 11 heteroatoms. The summed E-state index contributed by atoms with van der Waals surface area (Å²) in [7, 11) is 2.99. The first kappa shape index (κ1) is 27.6. The van der Waals surface area contributed by atoms with E-state index in [1.54, 1.807) is 12.1 Å². The van der Waals surface area contributed by atoms with Crippen LogP contribution >= 0.6 is 23.3 Å². The first-order valence-electron chi connectivity index (χ1n) is 11.0. The minimum atomic E-state index is -0.599. The van der Waals surface area contributed by atoms with Crippen molar-refractivity contribution in [3.63, 3.8) is 0 Å². The van der Waals surface area contributed by atoms with Crippen LogP contribution < -0.4 is 24.3 Å². The van der Waals surface area contributed by atoms with Crippen molar-refractivity contribution in [2.45, 2.75) is 11.6 Å². The predicted octanol–water partition coefficient (Wildman–Crippen LogP) is 5.01. The van der Waals surface area contributed by atoms with Gasteiger partial charge in [0, 0.05) is 11.5 Å². The summed E-state index contributed by atoms with van der Waals surface area (Å²) >= 11 is 2.40. The van der Waals surface area contributed by atoms with E-state index in [9.17, 15) is 10.1 Å². The monoisotopic (exact) mass is 538 g/mol. The highest BCUT2D eigenvalue weighted by molar-refractivity contribution is 7.98. The molecule has 37 heavy (non-hydrogen) atoms. The molecule has 0 aliphatic rings. The Kier molecular flexibility index (Phi) is 10.4. The zero-order valence-corrected chi connectivity index (χ0v) is 22.3. The molecule has 0 radical (unpaired) electrons. The van der Waals surface area contributed by atoms with E-state index in [0.29, 0.717) is 46.1 Å². The highest BCUT2D eigenvalue weighted by Crippen LogP contribution is 2.39. The van der Waals surface area contributed by atoms with E-state index in [1.807, 2.05) is 42.7 Å². The van der Waals surface area contributed by atoms with Gasteiger partial charge in [-0.15, -0.1) is 6.58 Å². The Morgan fingerprint density at radius 3 is 2.49 bits per heavy atom. The molecule has 0 saturated heterocycles. The lowest BCUT2D eigenvalue weighted by molar-refractivity contribution is -0.112. The van der Waals surface area contributed by atoms with Gasteiger partial charge in [0.2, 0.25) is 16.0 Å². The summed E-state index contributed by atoms with van der Waals surface area (Å²) in [6.45, 7) is 4.30. The van der Waals surface area contributed by atoms with Crippen LogP contribution in [0.15, 0.2) is 59.8 Å². The van der Waals surface area contributed by atoms with Crippen molar-refractivity contribution in [3.05, 3.63) is 65.8 Å². The standard InChI is InChI=1S/C26H26N4O5S2/c1-5-8-18-9-6-7-10-20(18)34-11-12-35-23-21(32-2)14-17(15-22(23)33-3)13-19(16-27)24(31)28-25-29-26(36-4)30-37-25/h5-7,9-10,13-15H,1,8,11-12H2,2-4H3,(H,28,29,30,31)/b19-13-. The molecule has 0 saturated carbocycles. The van der Waals surface area contributed by atoms with Gasteiger partial charge in [-0.2, -0.15) is 14.6 Å². The van der Waals surface area contributed by atoms with Gasteiger partial charge < -0.3 is 18.9 Å². The number of allylic oxidation sites excluding steroid dienone is 1. The Morgan fingerprint density at radius 2 is 1.86 bits per heavy atom. The predicted molar refractivity (Wildman–Crippen MR) is 145 cm³/mol. The molecule has 1 heterocycles. The van der Waals surface area contributed by atoms with Crippen molar-refractivity contribution >= 4 is 40.4 Å². The SMILES string of the molecule is C=CCc1ccccc1OCCOc1c(OC)cc(/C=C(/C#N)C(=O)Nc2nc(SC)ns2)cc1OC. The molecule has 1 aromatic heterocycles.